The number of furan rings is 1. The van der Waals surface area contributed by atoms with Crippen molar-refractivity contribution in [1.29, 1.82) is 0 Å². The molecule has 1 atom stereocenters. The summed E-state index contributed by atoms with van der Waals surface area (Å²) in [7, 11) is -3.74. The van der Waals surface area contributed by atoms with Gasteiger partial charge in [-0.25, -0.2) is 8.42 Å². The van der Waals surface area contributed by atoms with Crippen molar-refractivity contribution < 1.29 is 22.4 Å². The molecule has 0 fully saturated rings. The Kier molecular flexibility index (Phi) is 5.93. The van der Waals surface area contributed by atoms with Crippen LogP contribution in [0.2, 0.25) is 0 Å². The average Bonchev–Trinajstić information content (AvgIpc) is 3.22. The molecular weight excluding hydrogens is 366 g/mol. The lowest BCUT2D eigenvalue weighted by atomic mass is 10.3. The first-order valence-electron chi connectivity index (χ1n) is 8.34. The smallest absolute Gasteiger partial charge is 0.257 e. The van der Waals surface area contributed by atoms with Crippen molar-refractivity contribution in [2.24, 2.45) is 0 Å². The number of benzene rings is 2. The minimum absolute atomic E-state index is 0.123. The summed E-state index contributed by atoms with van der Waals surface area (Å²) < 4.78 is 36.6. The summed E-state index contributed by atoms with van der Waals surface area (Å²) in [6.07, 6.45) is 1.41. The third kappa shape index (κ3) is 4.77. The highest BCUT2D eigenvalue weighted by molar-refractivity contribution is 7.91. The number of hydrogen-bond acceptors (Lipinski definition) is 5. The molecule has 2 aromatic carbocycles. The molecule has 1 amide bonds. The van der Waals surface area contributed by atoms with Gasteiger partial charge in [0.15, 0.2) is 16.4 Å². The van der Waals surface area contributed by atoms with E-state index in [2.05, 4.69) is 5.32 Å². The average molecular weight is 385 g/mol. The van der Waals surface area contributed by atoms with Gasteiger partial charge in [-0.2, -0.15) is 0 Å². The van der Waals surface area contributed by atoms with Gasteiger partial charge in [0.25, 0.3) is 5.91 Å². The van der Waals surface area contributed by atoms with Crippen LogP contribution in [0.1, 0.15) is 11.0 Å². The first kappa shape index (κ1) is 18.7. The molecule has 0 saturated heterocycles. The standard InChI is InChI=1S/C20H19NO5S/c22-20(15-26-16-8-3-1-4-9-16)21-14-19(18-12-7-13-25-18)27(23,24)17-10-5-2-6-11-17/h1-13,19H,14-15H2,(H,21,22). The zero-order valence-corrected chi connectivity index (χ0v) is 15.3. The quantitative estimate of drug-likeness (QED) is 0.644. The van der Waals surface area contributed by atoms with Gasteiger partial charge in [-0.3, -0.25) is 4.79 Å². The predicted octanol–water partition coefficient (Wildman–Crippen LogP) is 2.99. The summed E-state index contributed by atoms with van der Waals surface area (Å²) in [6.45, 7) is -0.331. The van der Waals surface area contributed by atoms with Crippen molar-refractivity contribution in [2.75, 3.05) is 13.2 Å². The fourth-order valence-corrected chi connectivity index (χ4v) is 4.14. The summed E-state index contributed by atoms with van der Waals surface area (Å²) >= 11 is 0. The number of amides is 1. The molecule has 3 aromatic rings. The van der Waals surface area contributed by atoms with Crippen LogP contribution in [0.4, 0.5) is 0 Å². The van der Waals surface area contributed by atoms with E-state index in [0.29, 0.717) is 5.75 Å². The molecule has 7 heteroatoms. The van der Waals surface area contributed by atoms with E-state index in [1.807, 2.05) is 6.07 Å². The minimum Gasteiger partial charge on any atom is -0.484 e. The molecule has 0 aliphatic heterocycles. The molecular formula is C20H19NO5S. The van der Waals surface area contributed by atoms with E-state index in [0.717, 1.165) is 0 Å². The minimum atomic E-state index is -3.74. The van der Waals surface area contributed by atoms with Gasteiger partial charge < -0.3 is 14.5 Å². The van der Waals surface area contributed by atoms with Crippen LogP contribution in [-0.2, 0) is 14.6 Å². The number of sulfone groups is 1. The van der Waals surface area contributed by atoms with E-state index < -0.39 is 21.0 Å². The van der Waals surface area contributed by atoms with Crippen molar-refractivity contribution in [3.63, 3.8) is 0 Å². The number of rotatable bonds is 8. The topological polar surface area (TPSA) is 85.6 Å². The largest absolute Gasteiger partial charge is 0.484 e. The SMILES string of the molecule is O=C(COc1ccccc1)NCC(c1ccco1)S(=O)(=O)c1ccccc1. The number of nitrogens with one attached hydrogen (secondary N) is 1. The third-order valence-electron chi connectivity index (χ3n) is 3.90. The molecule has 1 heterocycles. The zero-order valence-electron chi connectivity index (χ0n) is 14.4. The summed E-state index contributed by atoms with van der Waals surface area (Å²) in [4.78, 5) is 12.3. The maximum Gasteiger partial charge on any atom is 0.257 e. The number of hydrogen-bond donors (Lipinski definition) is 1. The van der Waals surface area contributed by atoms with E-state index in [1.165, 1.54) is 18.4 Å². The van der Waals surface area contributed by atoms with Gasteiger partial charge in [0, 0.05) is 6.54 Å². The van der Waals surface area contributed by atoms with Gasteiger partial charge in [-0.15, -0.1) is 0 Å². The summed E-state index contributed by atoms with van der Waals surface area (Å²) in [5.74, 6) is 0.411. The molecule has 0 bridgehead atoms. The lowest BCUT2D eigenvalue weighted by Gasteiger charge is -2.17. The Balaban J connectivity index is 1.69. The molecule has 1 N–H and O–H groups in total. The van der Waals surface area contributed by atoms with Gasteiger partial charge in [-0.1, -0.05) is 36.4 Å². The zero-order chi connectivity index (χ0) is 19.1. The normalized spacial score (nSPS) is 12.3. The van der Waals surface area contributed by atoms with Crippen LogP contribution in [0, 0.1) is 0 Å². The second-order valence-corrected chi connectivity index (χ2v) is 7.90. The molecule has 0 aliphatic carbocycles. The third-order valence-corrected chi connectivity index (χ3v) is 5.98. The summed E-state index contributed by atoms with van der Waals surface area (Å²) in [6, 6.07) is 20.2. The van der Waals surface area contributed by atoms with Crippen molar-refractivity contribution in [2.45, 2.75) is 10.1 Å². The van der Waals surface area contributed by atoms with Crippen LogP contribution < -0.4 is 10.1 Å². The van der Waals surface area contributed by atoms with E-state index in [4.69, 9.17) is 9.15 Å². The van der Waals surface area contributed by atoms with Crippen molar-refractivity contribution in [3.8, 4) is 5.75 Å². The molecule has 0 saturated carbocycles. The van der Waals surface area contributed by atoms with Crippen molar-refractivity contribution in [3.05, 3.63) is 84.8 Å². The second-order valence-electron chi connectivity index (χ2n) is 5.77. The summed E-state index contributed by atoms with van der Waals surface area (Å²) in [5.41, 5.74) is 0. The van der Waals surface area contributed by atoms with Gasteiger partial charge >= 0.3 is 0 Å². The fraction of sp³-hybridized carbons (Fsp3) is 0.150. The maximum atomic E-state index is 13.0. The van der Waals surface area contributed by atoms with E-state index in [-0.39, 0.29) is 23.8 Å². The van der Waals surface area contributed by atoms with Crippen LogP contribution in [-0.4, -0.2) is 27.5 Å². The molecule has 0 aliphatic rings. The highest BCUT2D eigenvalue weighted by Gasteiger charge is 2.31. The molecule has 140 valence electrons. The van der Waals surface area contributed by atoms with Crippen LogP contribution in [0.25, 0.3) is 0 Å². The van der Waals surface area contributed by atoms with Gasteiger partial charge in [0.1, 0.15) is 16.8 Å². The number of para-hydroxylation sites is 1. The Labute approximate surface area is 157 Å². The Hall–Kier alpha value is -3.06. The first-order valence-corrected chi connectivity index (χ1v) is 9.89. The molecule has 1 aromatic heterocycles. The number of carbonyl (C=O) groups is 1. The molecule has 1 unspecified atom stereocenters. The lowest BCUT2D eigenvalue weighted by Crippen LogP contribution is -2.34. The van der Waals surface area contributed by atoms with E-state index >= 15 is 0 Å². The van der Waals surface area contributed by atoms with Crippen molar-refractivity contribution in [1.82, 2.24) is 5.32 Å². The van der Waals surface area contributed by atoms with Crippen molar-refractivity contribution >= 4 is 15.7 Å². The fourth-order valence-electron chi connectivity index (χ4n) is 2.54. The monoisotopic (exact) mass is 385 g/mol. The maximum absolute atomic E-state index is 13.0. The van der Waals surface area contributed by atoms with Crippen LogP contribution in [0.15, 0.2) is 88.4 Å². The molecule has 27 heavy (non-hydrogen) atoms. The van der Waals surface area contributed by atoms with E-state index in [9.17, 15) is 13.2 Å². The summed E-state index contributed by atoms with van der Waals surface area (Å²) in [5, 5.41) is 1.58. The predicted molar refractivity (Wildman–Crippen MR) is 100 cm³/mol. The highest BCUT2D eigenvalue weighted by Crippen LogP contribution is 2.28. The Morgan fingerprint density at radius 1 is 0.963 bits per heavy atom. The molecule has 0 radical (unpaired) electrons. The Bertz CT molecular complexity index is 954. The number of carbonyl (C=O) groups excluding carboxylic acids is 1. The Morgan fingerprint density at radius 2 is 1.63 bits per heavy atom. The highest BCUT2D eigenvalue weighted by atomic mass is 32.2. The van der Waals surface area contributed by atoms with E-state index in [1.54, 1.807) is 54.6 Å². The second kappa shape index (κ2) is 8.55. The lowest BCUT2D eigenvalue weighted by molar-refractivity contribution is -0.123. The van der Waals surface area contributed by atoms with Crippen LogP contribution in [0.3, 0.4) is 0 Å². The van der Waals surface area contributed by atoms with Gasteiger partial charge in [0.2, 0.25) is 0 Å². The molecule has 6 nitrogen and oxygen atoms in total. The van der Waals surface area contributed by atoms with Crippen LogP contribution in [0.5, 0.6) is 5.75 Å². The first-order chi connectivity index (χ1) is 13.1. The number of ether oxygens (including phenoxy) is 1. The molecule has 3 rings (SSSR count). The molecule has 0 spiro atoms. The van der Waals surface area contributed by atoms with Crippen LogP contribution >= 0.6 is 0 Å². The van der Waals surface area contributed by atoms with Gasteiger partial charge in [-0.05, 0) is 36.4 Å². The van der Waals surface area contributed by atoms with Gasteiger partial charge in [0.05, 0.1) is 11.2 Å². The Morgan fingerprint density at radius 3 is 2.26 bits per heavy atom.